The topological polar surface area (TPSA) is 29.9 Å². The average Bonchev–Trinajstić information content (AvgIpc) is 3.16. The van der Waals surface area contributed by atoms with Crippen LogP contribution in [0.2, 0.25) is 0 Å². The lowest BCUT2D eigenvalue weighted by Crippen LogP contribution is -2.26. The maximum Gasteiger partial charge on any atom is 0.0553 e. The molecule has 2 aromatic rings. The molecule has 1 aromatic heterocycles. The Morgan fingerprint density at radius 1 is 1.30 bits per heavy atom. The van der Waals surface area contributed by atoms with E-state index < -0.39 is 0 Å². The van der Waals surface area contributed by atoms with Gasteiger partial charge in [0.15, 0.2) is 0 Å². The Kier molecular flexibility index (Phi) is 3.88. The van der Waals surface area contributed by atoms with E-state index in [9.17, 15) is 0 Å². The fourth-order valence-corrected chi connectivity index (χ4v) is 3.13. The van der Waals surface area contributed by atoms with Gasteiger partial charge in [-0.1, -0.05) is 37.3 Å². The number of rotatable bonds is 6. The molecular formula is C17H23N3. The van der Waals surface area contributed by atoms with Gasteiger partial charge in [0.05, 0.1) is 11.7 Å². The fourth-order valence-electron chi connectivity index (χ4n) is 3.13. The van der Waals surface area contributed by atoms with Crippen LogP contribution in [0.1, 0.15) is 43.0 Å². The van der Waals surface area contributed by atoms with E-state index in [-0.39, 0.29) is 0 Å². The van der Waals surface area contributed by atoms with Crippen molar-refractivity contribution in [3.63, 3.8) is 0 Å². The predicted molar refractivity (Wildman–Crippen MR) is 81.5 cm³/mol. The van der Waals surface area contributed by atoms with Crippen molar-refractivity contribution in [2.24, 2.45) is 13.0 Å². The number of benzene rings is 1. The summed E-state index contributed by atoms with van der Waals surface area (Å²) in [7, 11) is 2.04. The molecule has 1 aliphatic rings. The van der Waals surface area contributed by atoms with Crippen LogP contribution < -0.4 is 5.32 Å². The molecule has 1 aliphatic carbocycles. The van der Waals surface area contributed by atoms with Crippen molar-refractivity contribution in [3.05, 3.63) is 53.9 Å². The van der Waals surface area contributed by atoms with Gasteiger partial charge in [-0.15, -0.1) is 0 Å². The van der Waals surface area contributed by atoms with Crippen molar-refractivity contribution in [2.45, 2.75) is 31.7 Å². The van der Waals surface area contributed by atoms with Gasteiger partial charge in [-0.25, -0.2) is 0 Å². The zero-order valence-electron chi connectivity index (χ0n) is 12.3. The second kappa shape index (κ2) is 5.80. The third kappa shape index (κ3) is 2.63. The predicted octanol–water partition coefficient (Wildman–Crippen LogP) is 3.26. The molecule has 0 radical (unpaired) electrons. The van der Waals surface area contributed by atoms with Crippen LogP contribution in [0.5, 0.6) is 0 Å². The van der Waals surface area contributed by atoms with Crippen LogP contribution in [0, 0.1) is 5.92 Å². The highest BCUT2D eigenvalue weighted by Gasteiger charge is 2.44. The number of hydrogen-bond acceptors (Lipinski definition) is 2. The second-order valence-corrected chi connectivity index (χ2v) is 5.73. The highest BCUT2D eigenvalue weighted by Crippen LogP contribution is 2.53. The minimum Gasteiger partial charge on any atom is -0.308 e. The van der Waals surface area contributed by atoms with Gasteiger partial charge in [0.2, 0.25) is 0 Å². The van der Waals surface area contributed by atoms with E-state index in [2.05, 4.69) is 53.7 Å². The molecule has 3 nitrogen and oxygen atoms in total. The summed E-state index contributed by atoms with van der Waals surface area (Å²) in [6, 6.07) is 13.5. The summed E-state index contributed by atoms with van der Waals surface area (Å²) in [5.41, 5.74) is 2.78. The number of nitrogens with zero attached hydrogens (tertiary/aromatic N) is 2. The monoisotopic (exact) mass is 269 g/mol. The molecule has 1 saturated carbocycles. The summed E-state index contributed by atoms with van der Waals surface area (Å²) in [6.45, 7) is 3.28. The van der Waals surface area contributed by atoms with Crippen molar-refractivity contribution in [1.29, 1.82) is 0 Å². The minimum atomic E-state index is 0.424. The normalized spacial score (nSPS) is 22.7. The number of aryl methyl sites for hydroxylation is 1. The summed E-state index contributed by atoms with van der Waals surface area (Å²) in [4.78, 5) is 0. The molecule has 106 valence electrons. The lowest BCUT2D eigenvalue weighted by Gasteiger charge is -2.19. The third-order valence-electron chi connectivity index (χ3n) is 4.29. The van der Waals surface area contributed by atoms with Crippen LogP contribution in [-0.2, 0) is 7.05 Å². The first-order valence-corrected chi connectivity index (χ1v) is 7.57. The van der Waals surface area contributed by atoms with Crippen LogP contribution in [0.15, 0.2) is 42.6 Å². The van der Waals surface area contributed by atoms with Crippen molar-refractivity contribution in [1.82, 2.24) is 15.1 Å². The van der Waals surface area contributed by atoms with Gasteiger partial charge < -0.3 is 5.32 Å². The van der Waals surface area contributed by atoms with E-state index >= 15 is 0 Å². The van der Waals surface area contributed by atoms with Gasteiger partial charge in [-0.3, -0.25) is 4.68 Å². The van der Waals surface area contributed by atoms with Gasteiger partial charge in [-0.05, 0) is 42.9 Å². The average molecular weight is 269 g/mol. The Hall–Kier alpha value is -1.61. The maximum absolute atomic E-state index is 4.33. The Morgan fingerprint density at radius 2 is 2.10 bits per heavy atom. The number of aromatic nitrogens is 2. The van der Waals surface area contributed by atoms with Crippen molar-refractivity contribution in [2.75, 3.05) is 6.54 Å². The minimum absolute atomic E-state index is 0.424. The first kappa shape index (κ1) is 13.4. The lowest BCUT2D eigenvalue weighted by atomic mass is 10.0. The number of hydrogen-bond donors (Lipinski definition) is 1. The standard InChI is InChI=1S/C17H23N3/c1-3-10-18-17(16-9-11-19-20(16)2)15-12-14(15)13-7-5-4-6-8-13/h4-9,11,14-15,17-18H,3,10,12H2,1-2H3. The summed E-state index contributed by atoms with van der Waals surface area (Å²) < 4.78 is 2.01. The summed E-state index contributed by atoms with van der Waals surface area (Å²) in [6.07, 6.45) is 4.34. The van der Waals surface area contributed by atoms with Gasteiger partial charge in [0, 0.05) is 13.2 Å². The molecule has 3 unspecified atom stereocenters. The van der Waals surface area contributed by atoms with Crippen LogP contribution in [0.3, 0.4) is 0 Å². The SMILES string of the molecule is CCCNC(c1ccnn1C)C1CC1c1ccccc1. The van der Waals surface area contributed by atoms with E-state index in [0.717, 1.165) is 13.0 Å². The Balaban J connectivity index is 1.77. The van der Waals surface area contributed by atoms with Gasteiger partial charge in [-0.2, -0.15) is 5.10 Å². The molecule has 0 amide bonds. The maximum atomic E-state index is 4.33. The van der Waals surface area contributed by atoms with E-state index in [1.165, 1.54) is 17.7 Å². The van der Waals surface area contributed by atoms with E-state index in [1.807, 2.05) is 17.9 Å². The molecule has 1 aromatic carbocycles. The first-order valence-electron chi connectivity index (χ1n) is 7.57. The molecule has 1 N–H and O–H groups in total. The van der Waals surface area contributed by atoms with Crippen LogP contribution in [-0.4, -0.2) is 16.3 Å². The van der Waals surface area contributed by atoms with Crippen LogP contribution in [0.4, 0.5) is 0 Å². The fraction of sp³-hybridized carbons (Fsp3) is 0.471. The molecule has 3 heteroatoms. The van der Waals surface area contributed by atoms with Crippen LogP contribution in [0.25, 0.3) is 0 Å². The highest BCUT2D eigenvalue weighted by atomic mass is 15.3. The molecule has 1 fully saturated rings. The lowest BCUT2D eigenvalue weighted by molar-refractivity contribution is 0.444. The Labute approximate surface area is 121 Å². The molecule has 0 aliphatic heterocycles. The molecular weight excluding hydrogens is 246 g/mol. The van der Waals surface area contributed by atoms with E-state index in [0.29, 0.717) is 17.9 Å². The van der Waals surface area contributed by atoms with Crippen molar-refractivity contribution in [3.8, 4) is 0 Å². The Morgan fingerprint density at radius 3 is 2.75 bits per heavy atom. The van der Waals surface area contributed by atoms with E-state index in [4.69, 9.17) is 0 Å². The zero-order chi connectivity index (χ0) is 13.9. The van der Waals surface area contributed by atoms with Gasteiger partial charge in [0.1, 0.15) is 0 Å². The first-order chi connectivity index (χ1) is 9.81. The quantitative estimate of drug-likeness (QED) is 0.872. The van der Waals surface area contributed by atoms with Crippen molar-refractivity contribution >= 4 is 0 Å². The molecule has 0 saturated heterocycles. The molecule has 0 bridgehead atoms. The highest BCUT2D eigenvalue weighted by molar-refractivity contribution is 5.28. The summed E-state index contributed by atoms with van der Waals surface area (Å²) in [5, 5.41) is 8.04. The zero-order valence-corrected chi connectivity index (χ0v) is 12.3. The summed E-state index contributed by atoms with van der Waals surface area (Å²) in [5.74, 6) is 1.39. The molecule has 0 spiro atoms. The molecule has 20 heavy (non-hydrogen) atoms. The summed E-state index contributed by atoms with van der Waals surface area (Å²) >= 11 is 0. The molecule has 3 atom stereocenters. The second-order valence-electron chi connectivity index (χ2n) is 5.73. The van der Waals surface area contributed by atoms with Crippen LogP contribution >= 0.6 is 0 Å². The largest absolute Gasteiger partial charge is 0.308 e. The molecule has 1 heterocycles. The van der Waals surface area contributed by atoms with E-state index in [1.54, 1.807) is 0 Å². The Bertz CT molecular complexity index is 546. The van der Waals surface area contributed by atoms with Gasteiger partial charge >= 0.3 is 0 Å². The van der Waals surface area contributed by atoms with Crippen molar-refractivity contribution < 1.29 is 0 Å². The van der Waals surface area contributed by atoms with Gasteiger partial charge in [0.25, 0.3) is 0 Å². The molecule has 3 rings (SSSR count). The number of nitrogens with one attached hydrogen (secondary N) is 1. The third-order valence-corrected chi connectivity index (χ3v) is 4.29. The smallest absolute Gasteiger partial charge is 0.0553 e.